The van der Waals surface area contributed by atoms with Gasteiger partial charge >= 0.3 is 0 Å². The molecule has 0 saturated carbocycles. The van der Waals surface area contributed by atoms with E-state index in [4.69, 9.17) is 73.3 Å². The number of aliphatic hydroxyl groups is 6. The van der Waals surface area contributed by atoms with Crippen LogP contribution < -0.4 is 0 Å². The molecule has 1 atom stereocenters. The quantitative estimate of drug-likeness (QED) is 0.0519. The standard InChI is InChI=1S/C10H22O4.C7H16O4.2C6H14O2.C5H12O3.C4H10O2/c1-2-3-5-12-7-9-14-10-8-13-6-4-11;1-9-4-5-11-7-6-10-3-2-8;1-6(2,3)8-5-4-7;1-2-3-5-8-6-4-7;1-7-4-5-8-3-2-6;1-4(5)3-6-2/h11H,2-10H2,1H3;8H,2-7H2,1H3;7H,4-5H2,1-3H3;7H,2-6H2,1H3;6H,2-5H2,1H3;4-5H,3H2,1-2H3. The maximum absolute atomic E-state index is 8.43. The highest BCUT2D eigenvalue weighted by Gasteiger charge is 2.07. The number of rotatable bonds is 33. The first kappa shape index (κ1) is 66.1. The largest absolute Gasteiger partial charge is 0.394 e. The summed E-state index contributed by atoms with van der Waals surface area (Å²) >= 11 is 0. The van der Waals surface area contributed by atoms with Crippen LogP contribution >= 0.6 is 0 Å². The fraction of sp³-hybridized carbons (Fsp3) is 1.00. The van der Waals surface area contributed by atoms with Crippen molar-refractivity contribution in [2.75, 3.05) is 173 Å². The van der Waals surface area contributed by atoms with Crippen LogP contribution in [0.4, 0.5) is 0 Å². The molecule has 0 aromatic carbocycles. The molecule has 0 heterocycles. The first-order chi connectivity index (χ1) is 26.5. The minimum atomic E-state index is -0.324. The molecule has 0 bridgehead atoms. The molecule has 0 fully saturated rings. The maximum atomic E-state index is 8.43. The Kier molecular flexibility index (Phi) is 81.8. The molecule has 0 amide bonds. The van der Waals surface area contributed by atoms with Crippen LogP contribution in [0.15, 0.2) is 0 Å². The van der Waals surface area contributed by atoms with E-state index in [1.807, 2.05) is 20.8 Å². The lowest BCUT2D eigenvalue weighted by Crippen LogP contribution is -2.20. The lowest BCUT2D eigenvalue weighted by Gasteiger charge is -2.18. The number of hydrogen-bond acceptors (Lipinski definition) is 17. The van der Waals surface area contributed by atoms with Crippen molar-refractivity contribution < 1.29 is 82.7 Å². The summed E-state index contributed by atoms with van der Waals surface area (Å²) in [6.07, 6.45) is 4.20. The monoisotopic (exact) mass is 817 g/mol. The van der Waals surface area contributed by atoms with Gasteiger partial charge in [-0.3, -0.25) is 0 Å². The van der Waals surface area contributed by atoms with Gasteiger partial charge in [0.1, 0.15) is 0 Å². The highest BCUT2D eigenvalue weighted by Crippen LogP contribution is 2.04. The summed E-state index contributed by atoms with van der Waals surface area (Å²) in [5.41, 5.74) is -0.108. The Morgan fingerprint density at radius 2 is 0.673 bits per heavy atom. The number of ether oxygens (including phenoxy) is 11. The number of hydrogen-bond donors (Lipinski definition) is 6. The Bertz CT molecular complexity index is 516. The van der Waals surface area contributed by atoms with Crippen LogP contribution in [0.5, 0.6) is 0 Å². The Labute approximate surface area is 334 Å². The number of aliphatic hydroxyl groups excluding tert-OH is 6. The van der Waals surface area contributed by atoms with E-state index in [2.05, 4.69) is 23.3 Å². The Morgan fingerprint density at radius 1 is 0.400 bits per heavy atom. The predicted molar refractivity (Wildman–Crippen MR) is 214 cm³/mol. The van der Waals surface area contributed by atoms with Gasteiger partial charge in [-0.15, -0.1) is 0 Å². The lowest BCUT2D eigenvalue weighted by molar-refractivity contribution is -0.0199. The average Bonchev–Trinajstić information content (AvgIpc) is 3.16. The summed E-state index contributed by atoms with van der Waals surface area (Å²) in [7, 11) is 4.81. The van der Waals surface area contributed by atoms with Crippen molar-refractivity contribution in [3.05, 3.63) is 0 Å². The number of unbranched alkanes of at least 4 members (excludes halogenated alkanes) is 2. The topological polar surface area (TPSA) is 223 Å². The van der Waals surface area contributed by atoms with Gasteiger partial charge in [-0.25, -0.2) is 0 Å². The lowest BCUT2D eigenvalue weighted by atomic mass is 10.2. The zero-order valence-corrected chi connectivity index (χ0v) is 36.3. The molecule has 17 heteroatoms. The average molecular weight is 817 g/mol. The van der Waals surface area contributed by atoms with Crippen molar-refractivity contribution in [2.45, 2.75) is 78.9 Å². The first-order valence-corrected chi connectivity index (χ1v) is 19.4. The van der Waals surface area contributed by atoms with E-state index in [-0.39, 0.29) is 44.7 Å². The summed E-state index contributed by atoms with van der Waals surface area (Å²) in [5.74, 6) is 0. The van der Waals surface area contributed by atoms with Crippen LogP contribution in [0, 0.1) is 0 Å². The van der Waals surface area contributed by atoms with Crippen LogP contribution in [0.25, 0.3) is 0 Å². The van der Waals surface area contributed by atoms with Crippen molar-refractivity contribution >= 4 is 0 Å². The summed E-state index contributed by atoms with van der Waals surface area (Å²) in [5, 5.41) is 49.9. The molecule has 6 N–H and O–H groups in total. The second kappa shape index (κ2) is 68.0. The van der Waals surface area contributed by atoms with Crippen LogP contribution in [0.2, 0.25) is 0 Å². The zero-order valence-electron chi connectivity index (χ0n) is 36.3. The Morgan fingerprint density at radius 3 is 0.873 bits per heavy atom. The first-order valence-electron chi connectivity index (χ1n) is 19.4. The smallest absolute Gasteiger partial charge is 0.0745 e. The third-order valence-corrected chi connectivity index (χ3v) is 5.24. The molecule has 55 heavy (non-hydrogen) atoms. The van der Waals surface area contributed by atoms with Crippen molar-refractivity contribution in [3.8, 4) is 0 Å². The van der Waals surface area contributed by atoms with Crippen molar-refractivity contribution in [3.63, 3.8) is 0 Å². The van der Waals surface area contributed by atoms with Crippen molar-refractivity contribution in [2.24, 2.45) is 0 Å². The van der Waals surface area contributed by atoms with Gasteiger partial charge in [0.2, 0.25) is 0 Å². The molecule has 342 valence electrons. The molecule has 0 aliphatic carbocycles. The summed E-state index contributed by atoms with van der Waals surface area (Å²) < 4.78 is 54.5. The number of methoxy groups -OCH3 is 3. The Balaban J connectivity index is -0.000000134. The van der Waals surface area contributed by atoms with E-state index in [1.165, 1.54) is 0 Å². The molecule has 0 aromatic heterocycles. The molecule has 0 radical (unpaired) electrons. The van der Waals surface area contributed by atoms with Gasteiger partial charge in [-0.2, -0.15) is 0 Å². The van der Waals surface area contributed by atoms with Gasteiger partial charge in [0, 0.05) is 34.5 Å². The molecule has 0 aliphatic heterocycles. The zero-order chi connectivity index (χ0) is 42.9. The van der Waals surface area contributed by atoms with Crippen LogP contribution in [-0.2, 0) is 52.1 Å². The second-order valence-electron chi connectivity index (χ2n) is 11.9. The minimum Gasteiger partial charge on any atom is -0.394 e. The third kappa shape index (κ3) is 106. The molecule has 0 saturated heterocycles. The molecular formula is C38H88O17. The molecule has 0 aliphatic rings. The maximum Gasteiger partial charge on any atom is 0.0745 e. The molecular weight excluding hydrogens is 728 g/mol. The highest BCUT2D eigenvalue weighted by molar-refractivity contribution is 4.57. The van der Waals surface area contributed by atoms with Gasteiger partial charge in [-0.05, 0) is 40.5 Å². The normalized spacial score (nSPS) is 11.0. The summed E-state index contributed by atoms with van der Waals surface area (Å²) in [6, 6.07) is 0. The minimum absolute atomic E-state index is 0.0675. The molecule has 0 rings (SSSR count). The van der Waals surface area contributed by atoms with Crippen molar-refractivity contribution in [1.29, 1.82) is 0 Å². The third-order valence-electron chi connectivity index (χ3n) is 5.24. The van der Waals surface area contributed by atoms with Gasteiger partial charge in [-0.1, -0.05) is 26.7 Å². The molecule has 0 aromatic rings. The molecule has 1 unspecified atom stereocenters. The Hall–Kier alpha value is -0.680. The predicted octanol–water partition coefficient (Wildman–Crippen LogP) is 1.73. The van der Waals surface area contributed by atoms with Gasteiger partial charge < -0.3 is 82.7 Å². The molecule has 0 spiro atoms. The summed E-state index contributed by atoms with van der Waals surface area (Å²) in [4.78, 5) is 0. The highest BCUT2D eigenvalue weighted by atomic mass is 16.6. The van der Waals surface area contributed by atoms with Crippen LogP contribution in [-0.4, -0.2) is 216 Å². The van der Waals surface area contributed by atoms with E-state index in [0.29, 0.717) is 106 Å². The fourth-order valence-corrected chi connectivity index (χ4v) is 2.70. The molecule has 17 nitrogen and oxygen atoms in total. The van der Waals surface area contributed by atoms with Crippen LogP contribution in [0.1, 0.15) is 67.2 Å². The van der Waals surface area contributed by atoms with Gasteiger partial charge in [0.15, 0.2) is 0 Å². The van der Waals surface area contributed by atoms with E-state index in [0.717, 1.165) is 38.9 Å². The fourth-order valence-electron chi connectivity index (χ4n) is 2.70. The van der Waals surface area contributed by atoms with Crippen LogP contribution in [0.3, 0.4) is 0 Å². The van der Waals surface area contributed by atoms with Crippen molar-refractivity contribution in [1.82, 2.24) is 0 Å². The second-order valence-corrected chi connectivity index (χ2v) is 11.9. The SMILES string of the molecule is CC(C)(C)OCCO.CCCCOCCO.CCCCOCCOCCOCCO.COCC(C)O.COCCOCCO.COCCOCCOCCO. The van der Waals surface area contributed by atoms with E-state index in [1.54, 1.807) is 28.3 Å². The van der Waals surface area contributed by atoms with E-state index >= 15 is 0 Å². The van der Waals surface area contributed by atoms with Gasteiger partial charge in [0.05, 0.1) is 150 Å². The van der Waals surface area contributed by atoms with E-state index in [9.17, 15) is 0 Å². The summed E-state index contributed by atoms with van der Waals surface area (Å²) in [6.45, 7) is 22.3. The van der Waals surface area contributed by atoms with Gasteiger partial charge in [0.25, 0.3) is 0 Å². The van der Waals surface area contributed by atoms with E-state index < -0.39 is 0 Å².